The number of pyridine rings is 1. The summed E-state index contributed by atoms with van der Waals surface area (Å²) < 4.78 is 3.07. The van der Waals surface area contributed by atoms with E-state index < -0.39 is 0 Å². The van der Waals surface area contributed by atoms with Crippen LogP contribution in [0.4, 0.5) is 0 Å². The fourth-order valence-corrected chi connectivity index (χ4v) is 2.45. The second kappa shape index (κ2) is 6.11. The molecular weight excluding hydrogens is 292 g/mol. The van der Waals surface area contributed by atoms with Crippen LogP contribution in [0.2, 0.25) is 0 Å². The standard InChI is InChI=1S/C13H17BrN4/c1-3-17-12(13-8-16-9-18(13)2)5-10-4-11(14)7-15-6-10/h4,6-9,12,17H,3,5H2,1-2H3. The Hall–Kier alpha value is -1.20. The molecule has 1 N–H and O–H groups in total. The van der Waals surface area contributed by atoms with Crippen molar-refractivity contribution in [2.24, 2.45) is 7.05 Å². The highest BCUT2D eigenvalue weighted by atomic mass is 79.9. The molecule has 1 atom stereocenters. The zero-order valence-corrected chi connectivity index (χ0v) is 12.2. The summed E-state index contributed by atoms with van der Waals surface area (Å²) in [7, 11) is 2.02. The fraction of sp³-hybridized carbons (Fsp3) is 0.385. The Labute approximate surface area is 116 Å². The number of hydrogen-bond acceptors (Lipinski definition) is 3. The molecule has 0 bridgehead atoms. The average Bonchev–Trinajstić information content (AvgIpc) is 2.75. The first-order valence-electron chi connectivity index (χ1n) is 5.99. The molecule has 0 radical (unpaired) electrons. The summed E-state index contributed by atoms with van der Waals surface area (Å²) in [5, 5.41) is 3.49. The Bertz CT molecular complexity index is 509. The maximum Gasteiger partial charge on any atom is 0.0946 e. The van der Waals surface area contributed by atoms with Gasteiger partial charge in [-0.2, -0.15) is 0 Å². The molecule has 2 aromatic heterocycles. The van der Waals surface area contributed by atoms with E-state index in [4.69, 9.17) is 0 Å². The van der Waals surface area contributed by atoms with Crippen molar-refractivity contribution in [3.05, 3.63) is 46.7 Å². The predicted octanol–water partition coefficient (Wildman–Crippen LogP) is 2.47. The SMILES string of the molecule is CCNC(Cc1cncc(Br)c1)c1cncn1C. The van der Waals surface area contributed by atoms with E-state index in [0.717, 1.165) is 17.4 Å². The van der Waals surface area contributed by atoms with Crippen molar-refractivity contribution in [2.45, 2.75) is 19.4 Å². The fourth-order valence-electron chi connectivity index (χ4n) is 2.03. The first kappa shape index (κ1) is 13.2. The van der Waals surface area contributed by atoms with Crippen LogP contribution in [-0.4, -0.2) is 21.1 Å². The molecule has 0 amide bonds. The Morgan fingerprint density at radius 3 is 2.78 bits per heavy atom. The third-order valence-electron chi connectivity index (χ3n) is 2.86. The summed E-state index contributed by atoms with van der Waals surface area (Å²) in [4.78, 5) is 8.39. The number of likely N-dealkylation sites (N-methyl/N-ethyl adjacent to an activating group) is 1. The van der Waals surface area contributed by atoms with Crippen molar-refractivity contribution in [1.82, 2.24) is 19.9 Å². The lowest BCUT2D eigenvalue weighted by Gasteiger charge is -2.18. The molecule has 0 spiro atoms. The van der Waals surface area contributed by atoms with Crippen molar-refractivity contribution in [2.75, 3.05) is 6.54 Å². The minimum absolute atomic E-state index is 0.263. The van der Waals surface area contributed by atoms with E-state index in [-0.39, 0.29) is 6.04 Å². The molecule has 0 fully saturated rings. The van der Waals surface area contributed by atoms with Gasteiger partial charge >= 0.3 is 0 Å². The molecule has 0 aromatic carbocycles. The first-order valence-corrected chi connectivity index (χ1v) is 6.79. The van der Waals surface area contributed by atoms with Crippen molar-refractivity contribution in [3.63, 3.8) is 0 Å². The van der Waals surface area contributed by atoms with Gasteiger partial charge in [-0.15, -0.1) is 0 Å². The Kier molecular flexibility index (Phi) is 4.49. The molecule has 4 nitrogen and oxygen atoms in total. The third kappa shape index (κ3) is 3.17. The van der Waals surface area contributed by atoms with Gasteiger partial charge in [-0.3, -0.25) is 4.98 Å². The number of halogens is 1. The summed E-state index contributed by atoms with van der Waals surface area (Å²) in [5.74, 6) is 0. The lowest BCUT2D eigenvalue weighted by Crippen LogP contribution is -2.24. The maximum absolute atomic E-state index is 4.20. The van der Waals surface area contributed by atoms with Gasteiger partial charge in [-0.05, 0) is 40.5 Å². The molecule has 0 saturated carbocycles. The second-order valence-corrected chi connectivity index (χ2v) is 5.17. The minimum Gasteiger partial charge on any atom is -0.336 e. The molecular formula is C13H17BrN4. The van der Waals surface area contributed by atoms with E-state index in [1.54, 1.807) is 6.20 Å². The van der Waals surface area contributed by atoms with E-state index >= 15 is 0 Å². The quantitative estimate of drug-likeness (QED) is 0.922. The Morgan fingerprint density at radius 2 is 2.17 bits per heavy atom. The number of nitrogens with one attached hydrogen (secondary N) is 1. The lowest BCUT2D eigenvalue weighted by molar-refractivity contribution is 0.520. The van der Waals surface area contributed by atoms with Crippen molar-refractivity contribution >= 4 is 15.9 Å². The molecule has 96 valence electrons. The van der Waals surface area contributed by atoms with Gasteiger partial charge < -0.3 is 9.88 Å². The number of imidazole rings is 1. The summed E-state index contributed by atoms with van der Waals surface area (Å²) >= 11 is 3.45. The van der Waals surface area contributed by atoms with Gasteiger partial charge in [-0.1, -0.05) is 6.92 Å². The zero-order valence-electron chi connectivity index (χ0n) is 10.6. The molecule has 0 saturated heterocycles. The molecule has 2 rings (SSSR count). The maximum atomic E-state index is 4.20. The van der Waals surface area contributed by atoms with Crippen molar-refractivity contribution < 1.29 is 0 Å². The van der Waals surface area contributed by atoms with Crippen LogP contribution < -0.4 is 5.32 Å². The highest BCUT2D eigenvalue weighted by Gasteiger charge is 2.14. The summed E-state index contributed by atoms with van der Waals surface area (Å²) in [5.41, 5.74) is 2.40. The molecule has 0 aliphatic carbocycles. The van der Waals surface area contributed by atoms with Gasteiger partial charge in [0.25, 0.3) is 0 Å². The summed E-state index contributed by atoms with van der Waals surface area (Å²) in [6.45, 7) is 3.04. The van der Waals surface area contributed by atoms with Crippen LogP contribution in [0.25, 0.3) is 0 Å². The predicted molar refractivity (Wildman–Crippen MR) is 75.3 cm³/mol. The van der Waals surface area contributed by atoms with Gasteiger partial charge in [0.1, 0.15) is 0 Å². The van der Waals surface area contributed by atoms with E-state index in [0.29, 0.717) is 0 Å². The van der Waals surface area contributed by atoms with Crippen LogP contribution in [0, 0.1) is 0 Å². The Balaban J connectivity index is 2.19. The molecule has 0 aliphatic rings. The van der Waals surface area contributed by atoms with E-state index in [2.05, 4.69) is 48.8 Å². The first-order chi connectivity index (χ1) is 8.70. The number of nitrogens with zero attached hydrogens (tertiary/aromatic N) is 3. The van der Waals surface area contributed by atoms with Gasteiger partial charge in [0, 0.05) is 30.1 Å². The van der Waals surface area contributed by atoms with Crippen molar-refractivity contribution in [3.8, 4) is 0 Å². The average molecular weight is 309 g/mol. The second-order valence-electron chi connectivity index (χ2n) is 4.26. The zero-order chi connectivity index (χ0) is 13.0. The number of hydrogen-bond donors (Lipinski definition) is 1. The molecule has 2 heterocycles. The number of aromatic nitrogens is 3. The highest BCUT2D eigenvalue weighted by molar-refractivity contribution is 9.10. The molecule has 1 unspecified atom stereocenters. The molecule has 5 heteroatoms. The highest BCUT2D eigenvalue weighted by Crippen LogP contribution is 2.19. The topological polar surface area (TPSA) is 42.7 Å². The van der Waals surface area contributed by atoms with Crippen LogP contribution in [0.5, 0.6) is 0 Å². The van der Waals surface area contributed by atoms with Gasteiger partial charge in [0.2, 0.25) is 0 Å². The van der Waals surface area contributed by atoms with Crippen LogP contribution in [0.15, 0.2) is 35.5 Å². The van der Waals surface area contributed by atoms with Crippen LogP contribution in [-0.2, 0) is 13.5 Å². The summed E-state index contributed by atoms with van der Waals surface area (Å²) in [6, 6.07) is 2.37. The number of rotatable bonds is 5. The Morgan fingerprint density at radius 1 is 1.33 bits per heavy atom. The largest absolute Gasteiger partial charge is 0.336 e. The monoisotopic (exact) mass is 308 g/mol. The van der Waals surface area contributed by atoms with E-state index in [1.807, 2.05) is 25.8 Å². The molecule has 18 heavy (non-hydrogen) atoms. The molecule has 2 aromatic rings. The van der Waals surface area contributed by atoms with E-state index in [9.17, 15) is 0 Å². The van der Waals surface area contributed by atoms with E-state index in [1.165, 1.54) is 11.3 Å². The number of aryl methyl sites for hydroxylation is 1. The van der Waals surface area contributed by atoms with Crippen LogP contribution >= 0.6 is 15.9 Å². The lowest BCUT2D eigenvalue weighted by atomic mass is 10.1. The van der Waals surface area contributed by atoms with Gasteiger partial charge in [0.05, 0.1) is 18.1 Å². The smallest absolute Gasteiger partial charge is 0.0946 e. The van der Waals surface area contributed by atoms with Gasteiger partial charge in [-0.25, -0.2) is 4.98 Å². The minimum atomic E-state index is 0.263. The molecule has 0 aliphatic heterocycles. The van der Waals surface area contributed by atoms with Gasteiger partial charge in [0.15, 0.2) is 0 Å². The van der Waals surface area contributed by atoms with Crippen molar-refractivity contribution in [1.29, 1.82) is 0 Å². The summed E-state index contributed by atoms with van der Waals surface area (Å²) in [6.07, 6.45) is 8.36. The third-order valence-corrected chi connectivity index (χ3v) is 3.30. The van der Waals surface area contributed by atoms with Crippen LogP contribution in [0.1, 0.15) is 24.2 Å². The normalized spacial score (nSPS) is 12.6. The van der Waals surface area contributed by atoms with Crippen LogP contribution in [0.3, 0.4) is 0 Å².